The number of hydrazone groups is 1. The number of halogens is 1. The molecule has 0 unspecified atom stereocenters. The average molecular weight is 344 g/mol. The summed E-state index contributed by atoms with van der Waals surface area (Å²) in [6, 6.07) is 16.2. The summed E-state index contributed by atoms with van der Waals surface area (Å²) in [5.41, 5.74) is 4.54. The number of rotatable bonds is 6. The number of nitrogens with zero attached hydrogens (tertiary/aromatic N) is 1. The third-order valence-electron chi connectivity index (χ3n) is 3.12. The highest BCUT2D eigenvalue weighted by Gasteiger charge is 2.06. The monoisotopic (exact) mass is 343 g/mol. The summed E-state index contributed by atoms with van der Waals surface area (Å²) in [5.74, 6) is -0.436. The van der Waals surface area contributed by atoms with Crippen LogP contribution in [0, 0.1) is 0 Å². The molecule has 24 heavy (non-hydrogen) atoms. The number of benzene rings is 2. The normalized spacial score (nSPS) is 11.0. The molecule has 0 aromatic heterocycles. The molecule has 0 radical (unpaired) electrons. The molecule has 0 aliphatic carbocycles. The van der Waals surface area contributed by atoms with Crippen LogP contribution < -0.4 is 10.7 Å². The Labute approximate surface area is 145 Å². The van der Waals surface area contributed by atoms with Crippen molar-refractivity contribution in [2.45, 2.75) is 19.8 Å². The van der Waals surface area contributed by atoms with Crippen LogP contribution in [0.25, 0.3) is 0 Å². The summed E-state index contributed by atoms with van der Waals surface area (Å²) < 4.78 is 0. The van der Waals surface area contributed by atoms with Crippen molar-refractivity contribution in [2.24, 2.45) is 5.10 Å². The van der Waals surface area contributed by atoms with Gasteiger partial charge in [0.1, 0.15) is 0 Å². The molecule has 124 valence electrons. The maximum atomic E-state index is 11.9. The summed E-state index contributed by atoms with van der Waals surface area (Å²) in [6.07, 6.45) is 0.336. The Morgan fingerprint density at radius 1 is 1.00 bits per heavy atom. The van der Waals surface area contributed by atoms with Gasteiger partial charge >= 0.3 is 0 Å². The van der Waals surface area contributed by atoms with Gasteiger partial charge in [-0.25, -0.2) is 5.43 Å². The quantitative estimate of drug-likeness (QED) is 0.623. The number of anilines is 1. The molecule has 0 saturated carbocycles. The van der Waals surface area contributed by atoms with Crippen LogP contribution in [0.3, 0.4) is 0 Å². The summed E-state index contributed by atoms with van der Waals surface area (Å²) in [7, 11) is 0. The van der Waals surface area contributed by atoms with Crippen LogP contribution in [0.5, 0.6) is 0 Å². The minimum atomic E-state index is -0.223. The van der Waals surface area contributed by atoms with E-state index in [0.717, 1.165) is 5.56 Å². The first-order valence-electron chi connectivity index (χ1n) is 7.44. The van der Waals surface area contributed by atoms with E-state index < -0.39 is 0 Å². The largest absolute Gasteiger partial charge is 0.326 e. The van der Waals surface area contributed by atoms with E-state index in [0.29, 0.717) is 16.4 Å². The van der Waals surface area contributed by atoms with Crippen LogP contribution >= 0.6 is 11.6 Å². The van der Waals surface area contributed by atoms with Gasteiger partial charge in [0.25, 0.3) is 0 Å². The zero-order valence-electron chi connectivity index (χ0n) is 13.3. The Morgan fingerprint density at radius 3 is 2.33 bits per heavy atom. The lowest BCUT2D eigenvalue weighted by Gasteiger charge is -2.06. The van der Waals surface area contributed by atoms with E-state index >= 15 is 0 Å². The highest BCUT2D eigenvalue weighted by Crippen LogP contribution is 2.13. The number of hydrogen-bond donors (Lipinski definition) is 2. The molecule has 0 aliphatic rings. The van der Waals surface area contributed by atoms with E-state index in [2.05, 4.69) is 15.8 Å². The van der Waals surface area contributed by atoms with E-state index in [4.69, 9.17) is 11.6 Å². The molecule has 2 N–H and O–H groups in total. The first-order valence-corrected chi connectivity index (χ1v) is 7.82. The van der Waals surface area contributed by atoms with E-state index in [9.17, 15) is 9.59 Å². The van der Waals surface area contributed by atoms with Crippen LogP contribution in [-0.4, -0.2) is 17.5 Å². The van der Waals surface area contributed by atoms with Crippen LogP contribution in [0.4, 0.5) is 5.69 Å². The van der Waals surface area contributed by atoms with Crippen molar-refractivity contribution in [1.29, 1.82) is 0 Å². The van der Waals surface area contributed by atoms with Crippen molar-refractivity contribution in [3.63, 3.8) is 0 Å². The lowest BCUT2D eigenvalue weighted by atomic mass is 10.1. The minimum Gasteiger partial charge on any atom is -0.326 e. The number of carbonyl (C=O) groups excluding carboxylic acids is 2. The average Bonchev–Trinajstić information content (AvgIpc) is 2.56. The van der Waals surface area contributed by atoms with Gasteiger partial charge in [-0.05, 0) is 36.8 Å². The lowest BCUT2D eigenvalue weighted by Crippen LogP contribution is -2.22. The van der Waals surface area contributed by atoms with Crippen molar-refractivity contribution >= 4 is 34.8 Å². The minimum absolute atomic E-state index is 0.0915. The van der Waals surface area contributed by atoms with E-state index in [-0.39, 0.29) is 24.7 Å². The predicted octanol–water partition coefficient (Wildman–Crippen LogP) is 3.40. The smallest absolute Gasteiger partial charge is 0.244 e. The van der Waals surface area contributed by atoms with Crippen molar-refractivity contribution in [3.8, 4) is 0 Å². The Hall–Kier alpha value is -2.66. The summed E-state index contributed by atoms with van der Waals surface area (Å²) >= 11 is 5.79. The number of nitrogens with one attached hydrogen (secondary N) is 2. The SMILES string of the molecule is C/C(CC(=O)Nc1ccc(Cl)cc1)=N/NC(=O)Cc1ccccc1. The van der Waals surface area contributed by atoms with Gasteiger partial charge in [0, 0.05) is 16.4 Å². The van der Waals surface area contributed by atoms with Crippen molar-refractivity contribution in [2.75, 3.05) is 5.32 Å². The second-order valence-corrected chi connectivity index (χ2v) is 5.71. The van der Waals surface area contributed by atoms with Crippen LogP contribution in [0.15, 0.2) is 59.7 Å². The highest BCUT2D eigenvalue weighted by atomic mass is 35.5. The number of carbonyl (C=O) groups is 2. The topological polar surface area (TPSA) is 70.6 Å². The summed E-state index contributed by atoms with van der Waals surface area (Å²) in [6.45, 7) is 1.68. The molecule has 2 amide bonds. The Morgan fingerprint density at radius 2 is 1.67 bits per heavy atom. The van der Waals surface area contributed by atoms with Gasteiger partial charge in [-0.1, -0.05) is 41.9 Å². The fourth-order valence-electron chi connectivity index (χ4n) is 1.99. The fourth-order valence-corrected chi connectivity index (χ4v) is 2.11. The van der Waals surface area contributed by atoms with Gasteiger partial charge in [-0.2, -0.15) is 5.10 Å². The molecule has 0 bridgehead atoms. The van der Waals surface area contributed by atoms with Gasteiger partial charge in [0.15, 0.2) is 0 Å². The third kappa shape index (κ3) is 6.22. The molecule has 5 nitrogen and oxygen atoms in total. The van der Waals surface area contributed by atoms with Crippen molar-refractivity contribution in [1.82, 2.24) is 5.43 Å². The molecule has 0 spiro atoms. The molecular formula is C18H18ClN3O2. The molecule has 0 fully saturated rings. The molecule has 0 atom stereocenters. The highest BCUT2D eigenvalue weighted by molar-refractivity contribution is 6.30. The van der Waals surface area contributed by atoms with Crippen LogP contribution in [-0.2, 0) is 16.0 Å². The zero-order chi connectivity index (χ0) is 17.4. The first kappa shape index (κ1) is 17.7. The Kier molecular flexibility index (Phi) is 6.51. The molecule has 0 aliphatic heterocycles. The maximum absolute atomic E-state index is 11.9. The molecule has 2 aromatic rings. The van der Waals surface area contributed by atoms with Crippen molar-refractivity contribution < 1.29 is 9.59 Å². The first-order chi connectivity index (χ1) is 11.5. The summed E-state index contributed by atoms with van der Waals surface area (Å²) in [4.78, 5) is 23.7. The molecular weight excluding hydrogens is 326 g/mol. The molecule has 2 aromatic carbocycles. The molecule has 0 saturated heterocycles. The Balaban J connectivity index is 1.79. The van der Waals surface area contributed by atoms with Gasteiger partial charge in [0.05, 0.1) is 12.8 Å². The Bertz CT molecular complexity index is 728. The third-order valence-corrected chi connectivity index (χ3v) is 3.38. The fraction of sp³-hybridized carbons (Fsp3) is 0.167. The lowest BCUT2D eigenvalue weighted by molar-refractivity contribution is -0.120. The predicted molar refractivity (Wildman–Crippen MR) is 96.1 cm³/mol. The standard InChI is InChI=1S/C18H18ClN3O2/c1-13(11-17(23)20-16-9-7-15(19)8-10-16)21-22-18(24)12-14-5-3-2-4-6-14/h2-10H,11-12H2,1H3,(H,20,23)(H,22,24)/b21-13-. The molecule has 0 heterocycles. The maximum Gasteiger partial charge on any atom is 0.244 e. The van der Waals surface area contributed by atoms with E-state index in [1.807, 2.05) is 30.3 Å². The second kappa shape index (κ2) is 8.84. The van der Waals surface area contributed by atoms with Gasteiger partial charge in [0.2, 0.25) is 11.8 Å². The number of hydrogen-bond acceptors (Lipinski definition) is 3. The molecule has 2 rings (SSSR count). The molecule has 6 heteroatoms. The van der Waals surface area contributed by atoms with Crippen LogP contribution in [0.1, 0.15) is 18.9 Å². The summed E-state index contributed by atoms with van der Waals surface area (Å²) in [5, 5.41) is 7.29. The van der Waals surface area contributed by atoms with Gasteiger partial charge < -0.3 is 5.32 Å². The second-order valence-electron chi connectivity index (χ2n) is 5.28. The van der Waals surface area contributed by atoms with Crippen molar-refractivity contribution in [3.05, 3.63) is 65.2 Å². The zero-order valence-corrected chi connectivity index (χ0v) is 14.0. The van der Waals surface area contributed by atoms with Crippen LogP contribution in [0.2, 0.25) is 5.02 Å². The van der Waals surface area contributed by atoms with Gasteiger partial charge in [-0.3, -0.25) is 9.59 Å². The van der Waals surface area contributed by atoms with Gasteiger partial charge in [-0.15, -0.1) is 0 Å². The number of amides is 2. The van der Waals surface area contributed by atoms with E-state index in [1.54, 1.807) is 31.2 Å². The van der Waals surface area contributed by atoms with E-state index in [1.165, 1.54) is 0 Å².